The lowest BCUT2D eigenvalue weighted by Crippen LogP contribution is -2.65. The Morgan fingerprint density at radius 1 is 0.822 bits per heavy atom. The van der Waals surface area contributed by atoms with Crippen LogP contribution >= 0.6 is 27.7 Å². The lowest BCUT2D eigenvalue weighted by atomic mass is 10.0. The number of amides is 2. The smallest absolute Gasteiger partial charge is 0.410 e. The molecule has 11 heteroatoms. The molecule has 0 bridgehead atoms. The van der Waals surface area contributed by atoms with Gasteiger partial charge in [0.1, 0.15) is 5.03 Å². The van der Waals surface area contributed by atoms with Crippen molar-refractivity contribution >= 4 is 39.9 Å². The second-order valence-corrected chi connectivity index (χ2v) is 15.1. The average molecular weight is 698 g/mol. The monoisotopic (exact) mass is 696 g/mol. The molecule has 2 amide bonds. The molecule has 1 saturated heterocycles. The van der Waals surface area contributed by atoms with Crippen molar-refractivity contribution in [2.45, 2.75) is 69.4 Å². The first kappa shape index (κ1) is 34.7. The van der Waals surface area contributed by atoms with Gasteiger partial charge >= 0.3 is 12.2 Å². The van der Waals surface area contributed by atoms with Crippen LogP contribution in [0.4, 0.5) is 9.59 Å². The molecule has 0 aliphatic carbocycles. The van der Waals surface area contributed by atoms with Crippen LogP contribution in [0.1, 0.15) is 63.5 Å². The van der Waals surface area contributed by atoms with Gasteiger partial charge in [-0.3, -0.25) is 19.6 Å². The Bertz CT molecular complexity index is 1410. The standard InChI is InChI=1S/C34H43BrN5O4S/c1-33(2,3)39(31(41)42)30(40(32(43)44)34(4,5)6)38-21-19-37(20-22-38)23-26-13-10-18-36-29(26)45-28(24-11-8-7-9-12-24)25-14-16-27(35)17-15-25/h7-18,28H,19-23H2,1-6H3,(H,41,42)(H,43,44). The molecule has 1 aromatic heterocycles. The summed E-state index contributed by atoms with van der Waals surface area (Å²) in [6.45, 7) is 13.5. The van der Waals surface area contributed by atoms with E-state index < -0.39 is 23.3 Å². The molecule has 4 rings (SSSR count). The fourth-order valence-corrected chi connectivity index (χ4v) is 6.91. The number of piperazine rings is 1. The number of thioether (sulfide) groups is 1. The molecule has 2 heterocycles. The van der Waals surface area contributed by atoms with Crippen molar-refractivity contribution in [3.63, 3.8) is 0 Å². The molecule has 45 heavy (non-hydrogen) atoms. The van der Waals surface area contributed by atoms with Crippen LogP contribution in [0, 0.1) is 6.29 Å². The summed E-state index contributed by atoms with van der Waals surface area (Å²) >= 11 is 5.28. The molecule has 3 aromatic rings. The van der Waals surface area contributed by atoms with E-state index in [2.05, 4.69) is 75.4 Å². The fourth-order valence-electron chi connectivity index (χ4n) is 5.43. The highest BCUT2D eigenvalue weighted by molar-refractivity contribution is 9.10. The SMILES string of the molecule is CC(C)(C)N([C](N1CCN(Cc2cccnc2SC(c2ccccc2)c2ccc(Br)cc2)CC1)N(C(=O)O)C(C)(C)C)C(=O)O. The first-order chi connectivity index (χ1) is 21.2. The van der Waals surface area contributed by atoms with Gasteiger partial charge in [-0.25, -0.2) is 14.6 Å². The van der Waals surface area contributed by atoms with Crippen LogP contribution < -0.4 is 0 Å². The van der Waals surface area contributed by atoms with E-state index in [4.69, 9.17) is 4.98 Å². The van der Waals surface area contributed by atoms with E-state index in [9.17, 15) is 19.8 Å². The topological polar surface area (TPSA) is 100 Å². The Balaban J connectivity index is 1.56. The summed E-state index contributed by atoms with van der Waals surface area (Å²) in [5.74, 6) is 0. The Morgan fingerprint density at radius 2 is 1.36 bits per heavy atom. The van der Waals surface area contributed by atoms with E-state index in [0.29, 0.717) is 32.7 Å². The van der Waals surface area contributed by atoms with Crippen LogP contribution in [0.15, 0.2) is 82.4 Å². The number of hydrogen-bond donors (Lipinski definition) is 2. The third-order valence-corrected chi connectivity index (χ3v) is 9.43. The summed E-state index contributed by atoms with van der Waals surface area (Å²) in [5, 5.41) is 21.6. The molecular formula is C34H43BrN5O4S. The van der Waals surface area contributed by atoms with E-state index in [0.717, 1.165) is 15.1 Å². The lowest BCUT2D eigenvalue weighted by Gasteiger charge is -2.51. The zero-order chi connectivity index (χ0) is 32.9. The number of aromatic nitrogens is 1. The van der Waals surface area contributed by atoms with Gasteiger partial charge in [0.2, 0.25) is 6.29 Å². The Morgan fingerprint density at radius 3 is 1.87 bits per heavy atom. The largest absolute Gasteiger partial charge is 0.465 e. The van der Waals surface area contributed by atoms with Gasteiger partial charge in [-0.05, 0) is 76.4 Å². The highest BCUT2D eigenvalue weighted by Crippen LogP contribution is 2.41. The average Bonchev–Trinajstić information content (AvgIpc) is 2.96. The fraction of sp³-hybridized carbons (Fsp3) is 0.412. The van der Waals surface area contributed by atoms with E-state index in [-0.39, 0.29) is 11.5 Å². The minimum Gasteiger partial charge on any atom is -0.465 e. The molecule has 1 fully saturated rings. The molecule has 0 spiro atoms. The van der Waals surface area contributed by atoms with Crippen molar-refractivity contribution in [2.75, 3.05) is 26.2 Å². The summed E-state index contributed by atoms with van der Waals surface area (Å²) in [6.07, 6.45) is -0.376. The second-order valence-electron chi connectivity index (χ2n) is 13.1. The lowest BCUT2D eigenvalue weighted by molar-refractivity contribution is -0.0459. The number of carboxylic acid groups (broad SMARTS) is 2. The zero-order valence-corrected chi connectivity index (χ0v) is 29.2. The Kier molecular flexibility index (Phi) is 11.2. The van der Waals surface area contributed by atoms with Crippen molar-refractivity contribution in [1.29, 1.82) is 0 Å². The molecule has 1 unspecified atom stereocenters. The minimum atomic E-state index is -1.19. The van der Waals surface area contributed by atoms with Crippen molar-refractivity contribution in [2.24, 2.45) is 0 Å². The maximum absolute atomic E-state index is 12.6. The molecule has 9 nitrogen and oxygen atoms in total. The molecular weight excluding hydrogens is 654 g/mol. The minimum absolute atomic E-state index is 0.0563. The van der Waals surface area contributed by atoms with E-state index in [1.165, 1.54) is 20.9 Å². The van der Waals surface area contributed by atoms with E-state index in [1.807, 2.05) is 23.2 Å². The number of hydrogen-bond acceptors (Lipinski definition) is 6. The maximum atomic E-state index is 12.6. The number of benzene rings is 2. The first-order valence-electron chi connectivity index (χ1n) is 15.0. The highest BCUT2D eigenvalue weighted by Gasteiger charge is 2.48. The summed E-state index contributed by atoms with van der Waals surface area (Å²) in [5.41, 5.74) is 1.78. The van der Waals surface area contributed by atoms with Crippen LogP contribution in [-0.4, -0.2) is 84.2 Å². The summed E-state index contributed by atoms with van der Waals surface area (Å²) in [4.78, 5) is 36.5. The quantitative estimate of drug-likeness (QED) is 0.218. The molecule has 241 valence electrons. The van der Waals surface area contributed by atoms with Crippen LogP contribution in [0.25, 0.3) is 0 Å². The molecule has 1 atom stereocenters. The van der Waals surface area contributed by atoms with Gasteiger partial charge in [0.15, 0.2) is 0 Å². The van der Waals surface area contributed by atoms with E-state index >= 15 is 0 Å². The van der Waals surface area contributed by atoms with Gasteiger partial charge in [0.05, 0.1) is 5.25 Å². The number of rotatable bonds is 9. The molecule has 2 aromatic carbocycles. The van der Waals surface area contributed by atoms with Crippen molar-refractivity contribution in [1.82, 2.24) is 24.6 Å². The summed E-state index contributed by atoms with van der Waals surface area (Å²) in [6, 6.07) is 22.9. The van der Waals surface area contributed by atoms with Gasteiger partial charge in [0, 0.05) is 54.5 Å². The number of halogens is 1. The highest BCUT2D eigenvalue weighted by atomic mass is 79.9. The normalized spacial score (nSPS) is 15.6. The van der Waals surface area contributed by atoms with Gasteiger partial charge in [-0.2, -0.15) is 0 Å². The molecule has 1 aliphatic heterocycles. The molecule has 1 radical (unpaired) electrons. The third-order valence-electron chi connectivity index (χ3n) is 7.53. The van der Waals surface area contributed by atoms with Crippen molar-refractivity contribution < 1.29 is 19.8 Å². The van der Waals surface area contributed by atoms with Crippen molar-refractivity contribution in [3.8, 4) is 0 Å². The Labute approximate surface area is 279 Å². The number of pyridine rings is 1. The second kappa shape index (κ2) is 14.5. The summed E-state index contributed by atoms with van der Waals surface area (Å²) in [7, 11) is 0. The predicted octanol–water partition coefficient (Wildman–Crippen LogP) is 7.85. The molecule has 0 saturated carbocycles. The Hall–Kier alpha value is -3.12. The summed E-state index contributed by atoms with van der Waals surface area (Å²) < 4.78 is 1.03. The predicted molar refractivity (Wildman–Crippen MR) is 182 cm³/mol. The third kappa shape index (κ3) is 8.78. The van der Waals surface area contributed by atoms with Crippen LogP contribution in [0.2, 0.25) is 0 Å². The molecule has 2 N–H and O–H groups in total. The van der Waals surface area contributed by atoms with Gasteiger partial charge in [0.25, 0.3) is 0 Å². The van der Waals surface area contributed by atoms with Crippen LogP contribution in [0.5, 0.6) is 0 Å². The zero-order valence-electron chi connectivity index (χ0n) is 26.8. The van der Waals surface area contributed by atoms with Crippen LogP contribution in [-0.2, 0) is 6.54 Å². The first-order valence-corrected chi connectivity index (χ1v) is 16.7. The van der Waals surface area contributed by atoms with E-state index in [1.54, 1.807) is 53.3 Å². The van der Waals surface area contributed by atoms with Gasteiger partial charge < -0.3 is 10.2 Å². The molecule has 1 aliphatic rings. The van der Waals surface area contributed by atoms with Gasteiger partial charge in [-0.15, -0.1) is 0 Å². The van der Waals surface area contributed by atoms with Crippen LogP contribution in [0.3, 0.4) is 0 Å². The maximum Gasteiger partial charge on any atom is 0.410 e. The number of nitrogens with zero attached hydrogens (tertiary/aromatic N) is 5. The van der Waals surface area contributed by atoms with Gasteiger partial charge in [-0.1, -0.05) is 76.2 Å². The van der Waals surface area contributed by atoms with Crippen molar-refractivity contribution in [3.05, 3.63) is 100 Å². The number of carbonyl (C=O) groups is 2.